The fourth-order valence-electron chi connectivity index (χ4n) is 3.79. The molecule has 32 heavy (non-hydrogen) atoms. The molecule has 1 aliphatic carbocycles. The molecule has 2 aromatic rings. The van der Waals surface area contributed by atoms with Crippen LogP contribution >= 0.6 is 0 Å². The number of ether oxygens (including phenoxy) is 1. The van der Waals surface area contributed by atoms with E-state index in [4.69, 9.17) is 9.84 Å². The number of carboxylic acid groups (broad SMARTS) is 1. The second kappa shape index (κ2) is 9.82. The number of benzene rings is 2. The summed E-state index contributed by atoms with van der Waals surface area (Å²) in [5.74, 6) is -1.88. The Bertz CT molecular complexity index is 962. The molecule has 1 aliphatic rings. The van der Waals surface area contributed by atoms with Crippen LogP contribution in [0.25, 0.3) is 11.1 Å². The van der Waals surface area contributed by atoms with Gasteiger partial charge in [-0.3, -0.25) is 4.79 Å². The number of rotatable bonds is 9. The fraction of sp³-hybridized carbons (Fsp3) is 0.375. The Labute approximate surface area is 186 Å². The van der Waals surface area contributed by atoms with Gasteiger partial charge in [0.2, 0.25) is 5.91 Å². The molecule has 2 amide bonds. The topological polar surface area (TPSA) is 125 Å². The highest BCUT2D eigenvalue weighted by molar-refractivity contribution is 5.86. The van der Waals surface area contributed by atoms with Crippen molar-refractivity contribution in [2.24, 2.45) is 0 Å². The van der Waals surface area contributed by atoms with E-state index in [0.29, 0.717) is 0 Å². The van der Waals surface area contributed by atoms with Crippen LogP contribution in [0.15, 0.2) is 48.5 Å². The van der Waals surface area contributed by atoms with Crippen LogP contribution in [-0.4, -0.2) is 53.0 Å². The van der Waals surface area contributed by atoms with Crippen molar-refractivity contribution < 1.29 is 29.3 Å². The van der Waals surface area contributed by atoms with E-state index < -0.39 is 30.1 Å². The van der Waals surface area contributed by atoms with E-state index in [1.807, 2.05) is 36.4 Å². The Morgan fingerprint density at radius 3 is 2.16 bits per heavy atom. The SMILES string of the molecule is CC(CCC(=O)NC(C)(CO)C(=O)O)NC(=O)OCC1c2ccccc2-c2ccccc21. The van der Waals surface area contributed by atoms with Crippen LogP contribution in [0.2, 0.25) is 0 Å². The van der Waals surface area contributed by atoms with Crippen LogP contribution in [0, 0.1) is 0 Å². The molecule has 0 fully saturated rings. The van der Waals surface area contributed by atoms with E-state index in [-0.39, 0.29) is 31.4 Å². The minimum Gasteiger partial charge on any atom is -0.479 e. The number of hydrogen-bond donors (Lipinski definition) is 4. The van der Waals surface area contributed by atoms with Crippen molar-refractivity contribution in [3.63, 3.8) is 0 Å². The summed E-state index contributed by atoms with van der Waals surface area (Å²) >= 11 is 0. The summed E-state index contributed by atoms with van der Waals surface area (Å²) in [5.41, 5.74) is 2.80. The summed E-state index contributed by atoms with van der Waals surface area (Å²) in [6, 6.07) is 15.8. The number of nitrogens with one attached hydrogen (secondary N) is 2. The number of aliphatic carboxylic acids is 1. The van der Waals surface area contributed by atoms with Crippen molar-refractivity contribution in [3.8, 4) is 11.1 Å². The van der Waals surface area contributed by atoms with Crippen LogP contribution in [0.5, 0.6) is 0 Å². The smallest absolute Gasteiger partial charge is 0.407 e. The van der Waals surface area contributed by atoms with Gasteiger partial charge in [0.15, 0.2) is 5.54 Å². The van der Waals surface area contributed by atoms with Gasteiger partial charge in [-0.15, -0.1) is 0 Å². The van der Waals surface area contributed by atoms with Crippen molar-refractivity contribution in [3.05, 3.63) is 59.7 Å². The normalized spacial score (nSPS) is 15.1. The van der Waals surface area contributed by atoms with Gasteiger partial charge in [0.25, 0.3) is 0 Å². The highest BCUT2D eigenvalue weighted by atomic mass is 16.5. The molecule has 0 aromatic heterocycles. The first-order valence-electron chi connectivity index (χ1n) is 10.5. The average Bonchev–Trinajstić information content (AvgIpc) is 3.10. The fourth-order valence-corrected chi connectivity index (χ4v) is 3.79. The maximum atomic E-state index is 12.3. The molecule has 0 saturated carbocycles. The minimum absolute atomic E-state index is 0.00626. The summed E-state index contributed by atoms with van der Waals surface area (Å²) in [4.78, 5) is 35.5. The number of carbonyl (C=O) groups is 3. The van der Waals surface area contributed by atoms with E-state index in [0.717, 1.165) is 22.3 Å². The predicted octanol–water partition coefficient (Wildman–Crippen LogP) is 2.65. The zero-order valence-electron chi connectivity index (χ0n) is 18.1. The molecule has 2 atom stereocenters. The molecule has 0 radical (unpaired) electrons. The standard InChI is InChI=1S/C24H28N2O6/c1-15(11-12-21(28)26-24(2,14-27)22(29)30)25-23(31)32-13-20-18-9-5-3-7-16(18)17-8-4-6-10-19(17)20/h3-10,15,20,27H,11-14H2,1-2H3,(H,25,31)(H,26,28)(H,29,30). The predicted molar refractivity (Wildman–Crippen MR) is 118 cm³/mol. The molecule has 0 heterocycles. The lowest BCUT2D eigenvalue weighted by molar-refractivity contribution is -0.148. The molecule has 0 saturated heterocycles. The number of alkyl carbamates (subject to hydrolysis) is 1. The van der Waals surface area contributed by atoms with Gasteiger partial charge >= 0.3 is 12.1 Å². The van der Waals surface area contributed by atoms with Crippen molar-refractivity contribution in [2.45, 2.75) is 44.2 Å². The summed E-state index contributed by atoms with van der Waals surface area (Å²) in [6.45, 7) is 2.44. The summed E-state index contributed by atoms with van der Waals surface area (Å²) < 4.78 is 5.49. The largest absolute Gasteiger partial charge is 0.479 e. The van der Waals surface area contributed by atoms with E-state index >= 15 is 0 Å². The first kappa shape index (κ1) is 23.3. The molecule has 170 valence electrons. The summed E-state index contributed by atoms with van der Waals surface area (Å²) in [5, 5.41) is 23.3. The number of amides is 2. The molecule has 8 nitrogen and oxygen atoms in total. The molecule has 0 bridgehead atoms. The number of hydrogen-bond acceptors (Lipinski definition) is 5. The Balaban J connectivity index is 1.49. The second-order valence-electron chi connectivity index (χ2n) is 8.25. The van der Waals surface area contributed by atoms with Crippen molar-refractivity contribution >= 4 is 18.0 Å². The van der Waals surface area contributed by atoms with E-state index in [1.165, 1.54) is 6.92 Å². The van der Waals surface area contributed by atoms with E-state index in [9.17, 15) is 19.5 Å². The summed E-state index contributed by atoms with van der Waals surface area (Å²) in [7, 11) is 0. The Morgan fingerprint density at radius 2 is 1.62 bits per heavy atom. The molecular weight excluding hydrogens is 412 g/mol. The number of fused-ring (bicyclic) bond motifs is 3. The van der Waals surface area contributed by atoms with Gasteiger partial charge in [0.05, 0.1) is 6.61 Å². The van der Waals surface area contributed by atoms with Gasteiger partial charge < -0.3 is 25.6 Å². The molecule has 2 unspecified atom stereocenters. The van der Waals surface area contributed by atoms with E-state index in [1.54, 1.807) is 6.92 Å². The Kier molecular flexibility index (Phi) is 7.15. The van der Waals surface area contributed by atoms with Crippen molar-refractivity contribution in [1.82, 2.24) is 10.6 Å². The van der Waals surface area contributed by atoms with Crippen LogP contribution < -0.4 is 10.6 Å². The van der Waals surface area contributed by atoms with Crippen molar-refractivity contribution in [2.75, 3.05) is 13.2 Å². The summed E-state index contributed by atoms with van der Waals surface area (Å²) in [6.07, 6.45) is -0.296. The van der Waals surface area contributed by atoms with Gasteiger partial charge in [-0.1, -0.05) is 48.5 Å². The lowest BCUT2D eigenvalue weighted by atomic mass is 9.98. The third-order valence-corrected chi connectivity index (χ3v) is 5.72. The first-order valence-corrected chi connectivity index (χ1v) is 10.5. The zero-order chi connectivity index (χ0) is 23.3. The third kappa shape index (κ3) is 5.08. The lowest BCUT2D eigenvalue weighted by Gasteiger charge is -2.24. The maximum Gasteiger partial charge on any atom is 0.407 e. The average molecular weight is 440 g/mol. The molecule has 0 aliphatic heterocycles. The first-order chi connectivity index (χ1) is 15.2. The molecule has 8 heteroatoms. The Hall–Kier alpha value is -3.39. The lowest BCUT2D eigenvalue weighted by Crippen LogP contribution is -2.55. The minimum atomic E-state index is -1.74. The van der Waals surface area contributed by atoms with Crippen LogP contribution in [0.3, 0.4) is 0 Å². The highest BCUT2D eigenvalue weighted by Crippen LogP contribution is 2.44. The van der Waals surface area contributed by atoms with Crippen LogP contribution in [-0.2, 0) is 14.3 Å². The van der Waals surface area contributed by atoms with Gasteiger partial charge in [-0.25, -0.2) is 9.59 Å². The molecule has 2 aromatic carbocycles. The van der Waals surface area contributed by atoms with Gasteiger partial charge in [0, 0.05) is 18.4 Å². The van der Waals surface area contributed by atoms with Crippen molar-refractivity contribution in [1.29, 1.82) is 0 Å². The number of aliphatic hydroxyl groups excluding tert-OH is 1. The number of carbonyl (C=O) groups excluding carboxylic acids is 2. The number of carboxylic acids is 1. The second-order valence-corrected chi connectivity index (χ2v) is 8.25. The number of aliphatic hydroxyl groups is 1. The monoisotopic (exact) mass is 440 g/mol. The maximum absolute atomic E-state index is 12.3. The third-order valence-electron chi connectivity index (χ3n) is 5.72. The zero-order valence-corrected chi connectivity index (χ0v) is 18.1. The molecular formula is C24H28N2O6. The molecule has 0 spiro atoms. The van der Waals surface area contributed by atoms with E-state index in [2.05, 4.69) is 22.8 Å². The highest BCUT2D eigenvalue weighted by Gasteiger charge is 2.34. The Morgan fingerprint density at radius 1 is 1.06 bits per heavy atom. The quantitative estimate of drug-likeness (QED) is 0.475. The van der Waals surface area contributed by atoms with Gasteiger partial charge in [0.1, 0.15) is 6.61 Å². The van der Waals surface area contributed by atoms with Gasteiger partial charge in [-0.05, 0) is 42.5 Å². The van der Waals surface area contributed by atoms with Crippen LogP contribution in [0.1, 0.15) is 43.7 Å². The van der Waals surface area contributed by atoms with Crippen LogP contribution in [0.4, 0.5) is 4.79 Å². The molecule has 3 rings (SSSR count). The molecule has 4 N–H and O–H groups in total. The van der Waals surface area contributed by atoms with Gasteiger partial charge in [-0.2, -0.15) is 0 Å².